The zero-order valence-electron chi connectivity index (χ0n) is 9.59. The van der Waals surface area contributed by atoms with Gasteiger partial charge in [-0.2, -0.15) is 0 Å². The smallest absolute Gasteiger partial charge is 0.123 e. The monoisotopic (exact) mass is 283 g/mol. The molecule has 0 spiro atoms. The maximum absolute atomic E-state index is 12.7. The molecule has 0 aliphatic carbocycles. The van der Waals surface area contributed by atoms with Gasteiger partial charge in [-0.3, -0.25) is 0 Å². The number of halogens is 3. The van der Waals surface area contributed by atoms with Crippen LogP contribution in [0.15, 0.2) is 42.5 Å². The summed E-state index contributed by atoms with van der Waals surface area (Å²) in [5.41, 5.74) is 1.89. The Morgan fingerprint density at radius 3 is 2.11 bits per heavy atom. The van der Waals surface area contributed by atoms with Crippen molar-refractivity contribution in [3.63, 3.8) is 0 Å². The summed E-state index contributed by atoms with van der Waals surface area (Å²) in [5.74, 6) is -0.229. The Kier molecular flexibility index (Phi) is 4.59. The van der Waals surface area contributed by atoms with Crippen LogP contribution in [0.3, 0.4) is 0 Å². The number of rotatable bonds is 4. The van der Waals surface area contributed by atoms with Crippen LogP contribution in [0.5, 0.6) is 0 Å². The van der Waals surface area contributed by atoms with E-state index in [0.717, 1.165) is 11.1 Å². The molecule has 0 saturated carbocycles. The van der Waals surface area contributed by atoms with E-state index >= 15 is 0 Å². The Balaban J connectivity index is 1.94. The molecule has 0 bridgehead atoms. The van der Waals surface area contributed by atoms with Gasteiger partial charge in [-0.1, -0.05) is 41.4 Å². The Hall–Kier alpha value is -1.09. The highest BCUT2D eigenvalue weighted by molar-refractivity contribution is 6.35. The molecule has 0 unspecified atom stereocenters. The van der Waals surface area contributed by atoms with E-state index in [-0.39, 0.29) is 5.82 Å². The first-order valence-electron chi connectivity index (χ1n) is 5.55. The van der Waals surface area contributed by atoms with Gasteiger partial charge in [0.1, 0.15) is 5.82 Å². The van der Waals surface area contributed by atoms with Crippen LogP contribution in [0.2, 0.25) is 10.0 Å². The SMILES string of the molecule is Fc1ccc(CNCc2c(Cl)cccc2Cl)cc1. The van der Waals surface area contributed by atoms with E-state index in [1.54, 1.807) is 12.1 Å². The minimum absolute atomic E-state index is 0.229. The maximum atomic E-state index is 12.7. The minimum Gasteiger partial charge on any atom is -0.309 e. The fourth-order valence-corrected chi connectivity index (χ4v) is 2.17. The van der Waals surface area contributed by atoms with E-state index in [1.807, 2.05) is 18.2 Å². The van der Waals surface area contributed by atoms with Gasteiger partial charge in [0.15, 0.2) is 0 Å². The van der Waals surface area contributed by atoms with E-state index in [9.17, 15) is 4.39 Å². The van der Waals surface area contributed by atoms with Gasteiger partial charge in [-0.25, -0.2) is 4.39 Å². The number of nitrogens with one attached hydrogen (secondary N) is 1. The van der Waals surface area contributed by atoms with Crippen LogP contribution >= 0.6 is 23.2 Å². The van der Waals surface area contributed by atoms with E-state index < -0.39 is 0 Å². The molecule has 18 heavy (non-hydrogen) atoms. The highest BCUT2D eigenvalue weighted by atomic mass is 35.5. The van der Waals surface area contributed by atoms with E-state index in [1.165, 1.54) is 12.1 Å². The molecule has 0 atom stereocenters. The van der Waals surface area contributed by atoms with E-state index in [4.69, 9.17) is 23.2 Å². The summed E-state index contributed by atoms with van der Waals surface area (Å²) < 4.78 is 12.7. The molecule has 0 aliphatic rings. The average Bonchev–Trinajstić information content (AvgIpc) is 2.35. The van der Waals surface area contributed by atoms with Crippen molar-refractivity contribution >= 4 is 23.2 Å². The minimum atomic E-state index is -0.229. The molecule has 1 nitrogen and oxygen atoms in total. The maximum Gasteiger partial charge on any atom is 0.123 e. The van der Waals surface area contributed by atoms with Crippen molar-refractivity contribution in [3.8, 4) is 0 Å². The molecule has 2 aromatic carbocycles. The summed E-state index contributed by atoms with van der Waals surface area (Å²) in [5, 5.41) is 4.52. The summed E-state index contributed by atoms with van der Waals surface area (Å²) in [6.45, 7) is 1.22. The normalized spacial score (nSPS) is 10.6. The Labute approximate surface area is 116 Å². The van der Waals surface area contributed by atoms with Crippen LogP contribution in [0.25, 0.3) is 0 Å². The zero-order valence-corrected chi connectivity index (χ0v) is 11.1. The molecule has 1 N–H and O–H groups in total. The van der Waals surface area contributed by atoms with Crippen molar-refractivity contribution in [2.24, 2.45) is 0 Å². The van der Waals surface area contributed by atoms with Gasteiger partial charge < -0.3 is 5.32 Å². The van der Waals surface area contributed by atoms with E-state index in [2.05, 4.69) is 5.32 Å². The lowest BCUT2D eigenvalue weighted by Crippen LogP contribution is -2.13. The van der Waals surface area contributed by atoms with Crippen LogP contribution in [-0.4, -0.2) is 0 Å². The molecule has 0 amide bonds. The Bertz CT molecular complexity index is 506. The van der Waals surface area contributed by atoms with Crippen molar-refractivity contribution in [2.45, 2.75) is 13.1 Å². The fourth-order valence-electron chi connectivity index (χ4n) is 1.64. The molecule has 0 saturated heterocycles. The average molecular weight is 284 g/mol. The third-order valence-corrected chi connectivity index (χ3v) is 3.31. The fraction of sp³-hybridized carbons (Fsp3) is 0.143. The topological polar surface area (TPSA) is 12.0 Å². The summed E-state index contributed by atoms with van der Waals surface area (Å²) in [4.78, 5) is 0. The highest BCUT2D eigenvalue weighted by Gasteiger charge is 2.04. The van der Waals surface area contributed by atoms with Gasteiger partial charge in [-0.15, -0.1) is 0 Å². The molecule has 0 aromatic heterocycles. The van der Waals surface area contributed by atoms with Crippen LogP contribution in [0, 0.1) is 5.82 Å². The van der Waals surface area contributed by atoms with Gasteiger partial charge >= 0.3 is 0 Å². The first-order valence-corrected chi connectivity index (χ1v) is 6.30. The highest BCUT2D eigenvalue weighted by Crippen LogP contribution is 2.23. The molecule has 2 rings (SSSR count). The van der Waals surface area contributed by atoms with Crippen molar-refractivity contribution in [3.05, 3.63) is 69.5 Å². The Morgan fingerprint density at radius 1 is 0.889 bits per heavy atom. The van der Waals surface area contributed by atoms with E-state index in [0.29, 0.717) is 23.1 Å². The molecule has 4 heteroatoms. The summed E-state index contributed by atoms with van der Waals surface area (Å²) >= 11 is 12.1. The quantitative estimate of drug-likeness (QED) is 0.876. The molecule has 0 fully saturated rings. The molecule has 0 heterocycles. The number of hydrogen-bond acceptors (Lipinski definition) is 1. The van der Waals surface area contributed by atoms with Gasteiger partial charge in [0.2, 0.25) is 0 Å². The zero-order chi connectivity index (χ0) is 13.0. The van der Waals surface area contributed by atoms with Crippen LogP contribution in [0.4, 0.5) is 4.39 Å². The lowest BCUT2D eigenvalue weighted by molar-refractivity contribution is 0.625. The van der Waals surface area contributed by atoms with Crippen molar-refractivity contribution in [1.82, 2.24) is 5.32 Å². The second-order valence-electron chi connectivity index (χ2n) is 3.93. The summed E-state index contributed by atoms with van der Waals surface area (Å²) in [6, 6.07) is 11.8. The molecular weight excluding hydrogens is 272 g/mol. The second-order valence-corrected chi connectivity index (χ2v) is 4.74. The largest absolute Gasteiger partial charge is 0.309 e. The molecule has 94 valence electrons. The molecular formula is C14H12Cl2FN. The third-order valence-electron chi connectivity index (χ3n) is 2.61. The van der Waals surface area contributed by atoms with Gasteiger partial charge in [0, 0.05) is 28.7 Å². The first-order chi connectivity index (χ1) is 8.66. The molecule has 0 aliphatic heterocycles. The summed E-state index contributed by atoms with van der Waals surface area (Å²) in [6.07, 6.45) is 0. The predicted octanol–water partition coefficient (Wildman–Crippen LogP) is 4.42. The standard InChI is InChI=1S/C14H12Cl2FN/c15-13-2-1-3-14(16)12(13)9-18-8-10-4-6-11(17)7-5-10/h1-7,18H,8-9H2. The van der Waals surface area contributed by atoms with Crippen LogP contribution in [0.1, 0.15) is 11.1 Å². The summed E-state index contributed by atoms with van der Waals surface area (Å²) in [7, 11) is 0. The Morgan fingerprint density at radius 2 is 1.50 bits per heavy atom. The van der Waals surface area contributed by atoms with Crippen molar-refractivity contribution in [1.29, 1.82) is 0 Å². The molecule has 0 radical (unpaired) electrons. The second kappa shape index (κ2) is 6.19. The van der Waals surface area contributed by atoms with Crippen LogP contribution in [-0.2, 0) is 13.1 Å². The lowest BCUT2D eigenvalue weighted by atomic mass is 10.2. The van der Waals surface area contributed by atoms with Gasteiger partial charge in [0.05, 0.1) is 0 Å². The van der Waals surface area contributed by atoms with Crippen molar-refractivity contribution < 1.29 is 4.39 Å². The number of benzene rings is 2. The van der Waals surface area contributed by atoms with Crippen molar-refractivity contribution in [2.75, 3.05) is 0 Å². The lowest BCUT2D eigenvalue weighted by Gasteiger charge is -2.08. The van der Waals surface area contributed by atoms with Crippen LogP contribution < -0.4 is 5.32 Å². The first kappa shape index (κ1) is 13.3. The molecule has 2 aromatic rings. The van der Waals surface area contributed by atoms with Gasteiger partial charge in [0.25, 0.3) is 0 Å². The van der Waals surface area contributed by atoms with Gasteiger partial charge in [-0.05, 0) is 29.8 Å². The predicted molar refractivity (Wildman–Crippen MR) is 73.4 cm³/mol. The number of hydrogen-bond donors (Lipinski definition) is 1. The third kappa shape index (κ3) is 3.45.